The number of hydrogen-bond donors (Lipinski definition) is 0. The van der Waals surface area contributed by atoms with Crippen LogP contribution in [0.2, 0.25) is 10.0 Å². The molecule has 51 heavy (non-hydrogen) atoms. The summed E-state index contributed by atoms with van der Waals surface area (Å²) in [6, 6.07) is 43.1. The summed E-state index contributed by atoms with van der Waals surface area (Å²) >= 11 is 14.2. The zero-order chi connectivity index (χ0) is 34.2. The van der Waals surface area contributed by atoms with Crippen molar-refractivity contribution in [1.29, 1.82) is 0 Å². The van der Waals surface area contributed by atoms with Gasteiger partial charge in [-0.3, -0.25) is 9.80 Å². The third kappa shape index (κ3) is 11.1. The first-order valence-electron chi connectivity index (χ1n) is 17.1. The Morgan fingerprint density at radius 3 is 2.02 bits per heavy atom. The Bertz CT molecular complexity index is 1800. The fourth-order valence-corrected chi connectivity index (χ4v) is 8.10. The van der Waals surface area contributed by atoms with Crippen LogP contribution in [0.15, 0.2) is 131 Å². The number of piperazine rings is 1. The van der Waals surface area contributed by atoms with Gasteiger partial charge in [-0.1, -0.05) is 119 Å². The van der Waals surface area contributed by atoms with Crippen molar-refractivity contribution < 1.29 is 0 Å². The molecule has 5 aromatic rings. The average Bonchev–Trinajstić information content (AvgIpc) is 3.10. The second-order valence-electron chi connectivity index (χ2n) is 13.2. The number of aryl methyl sites for hydroxylation is 1. The molecule has 0 spiro atoms. The number of benzene rings is 5. The minimum absolute atomic E-state index is 0. The number of para-hydroxylation sites is 1. The molecule has 1 fully saturated rings. The average molecular weight is 783 g/mol. The van der Waals surface area contributed by atoms with E-state index in [4.69, 9.17) is 23.2 Å². The van der Waals surface area contributed by atoms with E-state index in [2.05, 4.69) is 144 Å². The van der Waals surface area contributed by atoms with Crippen LogP contribution in [-0.4, -0.2) is 68.1 Å². The SMILES string of the molecule is CN(C)CCCN1c2ccccc2Sc2ccc(Cl)cc21.Cc1cccc(CN2CCN(C(c3ccccc3)c3ccc(Cl)cc3)CC2)c1.Cl.Cl. The molecular weight excluding hydrogens is 734 g/mol. The molecule has 1 atom stereocenters. The number of anilines is 2. The Morgan fingerprint density at radius 2 is 1.31 bits per heavy atom. The largest absolute Gasteiger partial charge is 0.340 e. The van der Waals surface area contributed by atoms with E-state index < -0.39 is 0 Å². The van der Waals surface area contributed by atoms with E-state index in [9.17, 15) is 0 Å². The van der Waals surface area contributed by atoms with Crippen LogP contribution >= 0.6 is 59.8 Å². The molecule has 0 bridgehead atoms. The molecule has 1 unspecified atom stereocenters. The maximum absolute atomic E-state index is 6.21. The van der Waals surface area contributed by atoms with Gasteiger partial charge in [0.25, 0.3) is 0 Å². The minimum Gasteiger partial charge on any atom is -0.340 e. The van der Waals surface area contributed by atoms with Crippen LogP contribution in [0.5, 0.6) is 0 Å². The summed E-state index contributed by atoms with van der Waals surface area (Å²) in [7, 11) is 4.23. The van der Waals surface area contributed by atoms with E-state index in [-0.39, 0.29) is 30.9 Å². The quantitative estimate of drug-likeness (QED) is 0.147. The molecule has 2 heterocycles. The number of halogens is 4. The molecule has 0 aromatic heterocycles. The smallest absolute Gasteiger partial charge is 0.0602 e. The van der Waals surface area contributed by atoms with Crippen molar-refractivity contribution in [3.05, 3.63) is 154 Å². The topological polar surface area (TPSA) is 13.0 Å². The lowest BCUT2D eigenvalue weighted by Crippen LogP contribution is -2.47. The van der Waals surface area contributed by atoms with Crippen molar-refractivity contribution in [3.63, 3.8) is 0 Å². The van der Waals surface area contributed by atoms with Crippen LogP contribution in [0, 0.1) is 6.92 Å². The highest BCUT2D eigenvalue weighted by molar-refractivity contribution is 7.99. The van der Waals surface area contributed by atoms with Gasteiger partial charge in [0.1, 0.15) is 0 Å². The standard InChI is InChI=1S/C25H27ClN2.C17H19ClN2S.2ClH/c1-20-6-5-7-21(18-20)19-27-14-16-28(17-15-27)25(22-8-3-2-4-9-22)23-10-12-24(26)13-11-23;1-19(2)10-5-11-20-14-6-3-4-7-16(14)21-17-9-8-13(18)12-15(17)20;;/h2-13,18,25H,14-17,19H2,1H3;3-4,6-9,12H,5,10-11H2,1-2H3;2*1H. The summed E-state index contributed by atoms with van der Waals surface area (Å²) in [5.74, 6) is 0. The lowest BCUT2D eigenvalue weighted by molar-refractivity contribution is 0.105. The lowest BCUT2D eigenvalue weighted by atomic mass is 9.96. The van der Waals surface area contributed by atoms with Crippen molar-refractivity contribution >= 4 is 71.2 Å². The third-order valence-corrected chi connectivity index (χ3v) is 10.8. The Morgan fingerprint density at radius 1 is 0.667 bits per heavy atom. The number of nitrogens with zero attached hydrogens (tertiary/aromatic N) is 4. The predicted molar refractivity (Wildman–Crippen MR) is 224 cm³/mol. The van der Waals surface area contributed by atoms with E-state index in [1.165, 1.54) is 43.4 Å². The first kappa shape index (κ1) is 41.1. The molecule has 9 heteroatoms. The second-order valence-corrected chi connectivity index (χ2v) is 15.1. The monoisotopic (exact) mass is 780 g/mol. The Balaban J connectivity index is 0.000000228. The molecule has 5 aromatic carbocycles. The normalized spacial score (nSPS) is 14.7. The van der Waals surface area contributed by atoms with Crippen LogP contribution in [0.1, 0.15) is 34.7 Å². The van der Waals surface area contributed by atoms with Gasteiger partial charge in [0.2, 0.25) is 0 Å². The minimum atomic E-state index is 0. The summed E-state index contributed by atoms with van der Waals surface area (Å²) < 4.78 is 0. The van der Waals surface area contributed by atoms with E-state index in [1.807, 2.05) is 30.0 Å². The molecule has 1 saturated heterocycles. The van der Waals surface area contributed by atoms with Gasteiger partial charge in [-0.15, -0.1) is 24.8 Å². The summed E-state index contributed by atoms with van der Waals surface area (Å²) in [5, 5.41) is 1.59. The first-order chi connectivity index (χ1) is 23.8. The van der Waals surface area contributed by atoms with Gasteiger partial charge >= 0.3 is 0 Å². The van der Waals surface area contributed by atoms with E-state index in [0.29, 0.717) is 0 Å². The van der Waals surface area contributed by atoms with Crippen LogP contribution < -0.4 is 4.90 Å². The summed E-state index contributed by atoms with van der Waals surface area (Å²) in [6.45, 7) is 9.59. The van der Waals surface area contributed by atoms with E-state index in [0.717, 1.165) is 62.3 Å². The number of fused-ring (bicyclic) bond motifs is 2. The molecule has 0 N–H and O–H groups in total. The number of rotatable bonds is 9. The van der Waals surface area contributed by atoms with Gasteiger partial charge in [-0.05, 0) is 93.1 Å². The third-order valence-electron chi connectivity index (χ3n) is 9.14. The zero-order valence-electron chi connectivity index (χ0n) is 29.6. The molecule has 4 nitrogen and oxygen atoms in total. The fraction of sp³-hybridized carbons (Fsp3) is 0.286. The lowest BCUT2D eigenvalue weighted by Gasteiger charge is -2.40. The second kappa shape index (κ2) is 19.9. The van der Waals surface area contributed by atoms with Crippen molar-refractivity contribution in [2.45, 2.75) is 35.7 Å². The van der Waals surface area contributed by atoms with Crippen molar-refractivity contribution in [1.82, 2.24) is 14.7 Å². The van der Waals surface area contributed by atoms with Gasteiger partial charge in [-0.2, -0.15) is 0 Å². The fourth-order valence-electron chi connectivity index (χ4n) is 6.73. The van der Waals surface area contributed by atoms with E-state index in [1.54, 1.807) is 0 Å². The van der Waals surface area contributed by atoms with Gasteiger partial charge < -0.3 is 9.80 Å². The van der Waals surface area contributed by atoms with Crippen LogP contribution in [0.3, 0.4) is 0 Å². The Hall–Kier alpha value is -2.71. The van der Waals surface area contributed by atoms with E-state index >= 15 is 0 Å². The Labute approximate surface area is 331 Å². The zero-order valence-corrected chi connectivity index (χ0v) is 33.5. The molecule has 2 aliphatic heterocycles. The molecule has 270 valence electrons. The van der Waals surface area contributed by atoms with Crippen LogP contribution in [-0.2, 0) is 6.54 Å². The highest BCUT2D eigenvalue weighted by Gasteiger charge is 2.27. The van der Waals surface area contributed by atoms with Gasteiger partial charge in [0.05, 0.1) is 17.4 Å². The van der Waals surface area contributed by atoms with Crippen LogP contribution in [0.25, 0.3) is 0 Å². The number of hydrogen-bond acceptors (Lipinski definition) is 5. The van der Waals surface area contributed by atoms with Gasteiger partial charge in [0, 0.05) is 59.1 Å². The van der Waals surface area contributed by atoms with Gasteiger partial charge in [0.15, 0.2) is 0 Å². The van der Waals surface area contributed by atoms with Crippen LogP contribution in [0.4, 0.5) is 11.4 Å². The van der Waals surface area contributed by atoms with Gasteiger partial charge in [-0.25, -0.2) is 0 Å². The molecule has 7 rings (SSSR count). The summed E-state index contributed by atoms with van der Waals surface area (Å²) in [4.78, 5) is 12.4. The highest BCUT2D eigenvalue weighted by atomic mass is 35.5. The maximum atomic E-state index is 6.21. The molecule has 0 aliphatic carbocycles. The predicted octanol–water partition coefficient (Wildman–Crippen LogP) is 11.3. The summed E-state index contributed by atoms with van der Waals surface area (Å²) in [5.41, 5.74) is 7.91. The Kier molecular flexibility index (Phi) is 16.0. The molecular formula is C42H48Cl4N4S. The maximum Gasteiger partial charge on any atom is 0.0602 e. The van der Waals surface area contributed by atoms with Crippen molar-refractivity contribution in [2.24, 2.45) is 0 Å². The van der Waals surface area contributed by atoms with Crippen molar-refractivity contribution in [3.8, 4) is 0 Å². The molecule has 0 saturated carbocycles. The molecule has 0 radical (unpaired) electrons. The first-order valence-corrected chi connectivity index (χ1v) is 18.7. The molecule has 0 amide bonds. The highest BCUT2D eigenvalue weighted by Crippen LogP contribution is 2.48. The van der Waals surface area contributed by atoms with Crippen molar-refractivity contribution in [2.75, 3.05) is 58.3 Å². The molecule has 2 aliphatic rings. The summed E-state index contributed by atoms with van der Waals surface area (Å²) in [6.07, 6.45) is 1.12.